The van der Waals surface area contributed by atoms with Crippen molar-refractivity contribution < 1.29 is 0 Å². The van der Waals surface area contributed by atoms with E-state index in [-0.39, 0.29) is 5.41 Å². The van der Waals surface area contributed by atoms with E-state index in [1.165, 1.54) is 80.2 Å². The molecule has 0 radical (unpaired) electrons. The van der Waals surface area contributed by atoms with E-state index >= 15 is 0 Å². The molecular weight excluding hydrogens is 625 g/mol. The number of hydrogen-bond donors (Lipinski definition) is 0. The molecule has 8 aromatic rings. The van der Waals surface area contributed by atoms with Gasteiger partial charge in [-0.05, 0) is 102 Å². The summed E-state index contributed by atoms with van der Waals surface area (Å²) < 4.78 is 5.19. The third kappa shape index (κ3) is 3.51. The molecule has 50 heavy (non-hydrogen) atoms. The molecular formula is C47H36N2S. The van der Waals surface area contributed by atoms with E-state index in [1.54, 1.807) is 11.1 Å². The largest absolute Gasteiger partial charge is 0.292 e. The fraction of sp³-hybridized carbons (Fsp3) is 0.213. The quantitative estimate of drug-likeness (QED) is 0.184. The summed E-state index contributed by atoms with van der Waals surface area (Å²) >= 11 is 1.95. The van der Waals surface area contributed by atoms with Gasteiger partial charge in [-0.15, -0.1) is 11.3 Å². The lowest BCUT2D eigenvalue weighted by molar-refractivity contribution is -0.0399. The van der Waals surface area contributed by atoms with Crippen molar-refractivity contribution in [3.63, 3.8) is 0 Å². The molecule has 3 heteroatoms. The molecule has 6 aromatic carbocycles. The Morgan fingerprint density at radius 3 is 2.12 bits per heavy atom. The number of para-hydroxylation sites is 2. The van der Waals surface area contributed by atoms with Gasteiger partial charge in [0, 0.05) is 42.3 Å². The molecule has 0 aliphatic heterocycles. The molecule has 4 fully saturated rings. The SMILES string of the molecule is c1ccc(-c2nc3ccccc3n2-c2ccc3c(c2-c2cccc4c2sc2ccccc24)-c2ccccc2C32C3CC4CC(C3)CC2C4)cc1. The Kier molecular flexibility index (Phi) is 5.58. The van der Waals surface area contributed by atoms with Crippen LogP contribution in [0.1, 0.15) is 43.2 Å². The highest BCUT2D eigenvalue weighted by Crippen LogP contribution is 2.70. The van der Waals surface area contributed by atoms with Gasteiger partial charge in [-0.1, -0.05) is 109 Å². The van der Waals surface area contributed by atoms with Crippen molar-refractivity contribution in [2.24, 2.45) is 23.7 Å². The fourth-order valence-electron chi connectivity index (χ4n) is 11.7. The maximum atomic E-state index is 5.34. The second kappa shape index (κ2) is 10.0. The zero-order chi connectivity index (χ0) is 32.6. The van der Waals surface area contributed by atoms with E-state index in [4.69, 9.17) is 4.98 Å². The van der Waals surface area contributed by atoms with Crippen LogP contribution in [0.3, 0.4) is 0 Å². The number of benzene rings is 6. The second-order valence-corrected chi connectivity index (χ2v) is 16.6. The maximum absolute atomic E-state index is 5.34. The van der Waals surface area contributed by atoms with Crippen molar-refractivity contribution in [2.45, 2.75) is 37.5 Å². The molecule has 5 aliphatic rings. The van der Waals surface area contributed by atoms with Gasteiger partial charge >= 0.3 is 0 Å². The van der Waals surface area contributed by atoms with Crippen molar-refractivity contribution >= 4 is 42.5 Å². The molecule has 0 N–H and O–H groups in total. The van der Waals surface area contributed by atoms with Crippen molar-refractivity contribution in [3.8, 4) is 39.3 Å². The van der Waals surface area contributed by atoms with Crippen LogP contribution in [0, 0.1) is 23.7 Å². The van der Waals surface area contributed by atoms with E-state index in [9.17, 15) is 0 Å². The van der Waals surface area contributed by atoms with Crippen molar-refractivity contribution in [1.29, 1.82) is 0 Å². The van der Waals surface area contributed by atoms with Crippen LogP contribution in [-0.4, -0.2) is 9.55 Å². The highest BCUT2D eigenvalue weighted by atomic mass is 32.1. The van der Waals surface area contributed by atoms with E-state index in [0.29, 0.717) is 11.8 Å². The minimum atomic E-state index is 0.0972. The molecule has 13 rings (SSSR count). The number of hydrogen-bond acceptors (Lipinski definition) is 2. The summed E-state index contributed by atoms with van der Waals surface area (Å²) in [4.78, 5) is 5.34. The number of aromatic nitrogens is 2. The van der Waals surface area contributed by atoms with Crippen molar-refractivity contribution in [2.75, 3.05) is 0 Å². The number of nitrogens with zero attached hydrogens (tertiary/aromatic N) is 2. The molecule has 4 bridgehead atoms. The Labute approximate surface area is 296 Å². The molecule has 2 nitrogen and oxygen atoms in total. The zero-order valence-corrected chi connectivity index (χ0v) is 28.7. The Bertz CT molecular complexity index is 2650. The smallest absolute Gasteiger partial charge is 0.145 e. The summed E-state index contributed by atoms with van der Waals surface area (Å²) in [6, 6.07) is 50.1. The molecule has 240 valence electrons. The molecule has 4 saturated carbocycles. The summed E-state index contributed by atoms with van der Waals surface area (Å²) in [7, 11) is 0. The van der Waals surface area contributed by atoms with Crippen molar-refractivity contribution in [3.05, 3.63) is 145 Å². The van der Waals surface area contributed by atoms with Crippen LogP contribution in [0.25, 0.3) is 70.5 Å². The first kappa shape index (κ1) is 27.8. The van der Waals surface area contributed by atoms with Gasteiger partial charge in [0.1, 0.15) is 5.82 Å². The summed E-state index contributed by atoms with van der Waals surface area (Å²) in [5.41, 5.74) is 13.4. The Morgan fingerprint density at radius 2 is 1.26 bits per heavy atom. The molecule has 0 amide bonds. The summed E-state index contributed by atoms with van der Waals surface area (Å²) in [5.74, 6) is 4.25. The molecule has 5 aliphatic carbocycles. The van der Waals surface area contributed by atoms with Crippen LogP contribution in [0.4, 0.5) is 0 Å². The number of thiophene rings is 1. The highest BCUT2D eigenvalue weighted by molar-refractivity contribution is 7.26. The van der Waals surface area contributed by atoms with Crippen LogP contribution in [0.15, 0.2) is 133 Å². The number of fused-ring (bicyclic) bond motifs is 7. The van der Waals surface area contributed by atoms with Gasteiger partial charge in [0.15, 0.2) is 0 Å². The third-order valence-electron chi connectivity index (χ3n) is 13.2. The van der Waals surface area contributed by atoms with Gasteiger partial charge in [-0.2, -0.15) is 0 Å². The Hall–Kier alpha value is -4.99. The third-order valence-corrected chi connectivity index (χ3v) is 14.4. The lowest BCUT2D eigenvalue weighted by Crippen LogP contribution is -2.55. The van der Waals surface area contributed by atoms with E-state index in [1.807, 2.05) is 11.3 Å². The van der Waals surface area contributed by atoms with Crippen LogP contribution in [0.2, 0.25) is 0 Å². The molecule has 2 heterocycles. The topological polar surface area (TPSA) is 17.8 Å². The van der Waals surface area contributed by atoms with Crippen LogP contribution >= 0.6 is 11.3 Å². The number of rotatable bonds is 3. The van der Waals surface area contributed by atoms with Crippen molar-refractivity contribution in [1.82, 2.24) is 9.55 Å². The van der Waals surface area contributed by atoms with Gasteiger partial charge in [0.25, 0.3) is 0 Å². The molecule has 0 unspecified atom stereocenters. The summed E-state index contributed by atoms with van der Waals surface area (Å²) in [6.45, 7) is 0. The standard InChI is InChI=1S/C47H36N2S/c1-2-11-30(12-3-1)46-48-39-18-7-8-19-40(39)49(46)41-22-21-38-43(44(41)36-16-10-15-34-33-13-5-9-20-42(33)50-45(34)36)35-14-4-6-17-37(35)47(38)31-24-28-23-29(26-31)27-32(47)25-28/h1-22,28-29,31-32H,23-27H2. The first-order chi connectivity index (χ1) is 24.8. The molecule has 0 saturated heterocycles. The number of imidazole rings is 1. The lowest BCUT2D eigenvalue weighted by atomic mass is 9.43. The first-order valence-corrected chi connectivity index (χ1v) is 19.3. The van der Waals surface area contributed by atoms with Gasteiger partial charge in [-0.3, -0.25) is 4.57 Å². The average molecular weight is 661 g/mol. The minimum Gasteiger partial charge on any atom is -0.292 e. The first-order valence-electron chi connectivity index (χ1n) is 18.5. The average Bonchev–Trinajstić information content (AvgIpc) is 3.83. The Balaban J connectivity index is 1.25. The van der Waals surface area contributed by atoms with E-state index in [0.717, 1.165) is 34.3 Å². The predicted octanol–water partition coefficient (Wildman–Crippen LogP) is 12.4. The lowest BCUT2D eigenvalue weighted by Gasteiger charge is -2.61. The van der Waals surface area contributed by atoms with E-state index < -0.39 is 0 Å². The van der Waals surface area contributed by atoms with Gasteiger partial charge in [0.2, 0.25) is 0 Å². The normalized spacial score (nSPS) is 24.5. The summed E-state index contributed by atoms with van der Waals surface area (Å²) in [5, 5.41) is 2.69. The van der Waals surface area contributed by atoms with Gasteiger partial charge in [0.05, 0.1) is 16.7 Å². The van der Waals surface area contributed by atoms with Gasteiger partial charge < -0.3 is 0 Å². The molecule has 1 spiro atoms. The Morgan fingerprint density at radius 1 is 0.560 bits per heavy atom. The van der Waals surface area contributed by atoms with Crippen LogP contribution < -0.4 is 0 Å². The highest BCUT2D eigenvalue weighted by Gasteiger charge is 2.62. The van der Waals surface area contributed by atoms with Gasteiger partial charge in [-0.25, -0.2) is 4.98 Å². The van der Waals surface area contributed by atoms with E-state index in [2.05, 4.69) is 138 Å². The van der Waals surface area contributed by atoms with Crippen LogP contribution in [0.5, 0.6) is 0 Å². The zero-order valence-electron chi connectivity index (χ0n) is 27.8. The fourth-order valence-corrected chi connectivity index (χ4v) is 12.9. The molecule has 0 atom stereocenters. The summed E-state index contributed by atoms with van der Waals surface area (Å²) in [6.07, 6.45) is 7.00. The monoisotopic (exact) mass is 660 g/mol. The maximum Gasteiger partial charge on any atom is 0.145 e. The predicted molar refractivity (Wildman–Crippen MR) is 208 cm³/mol. The van der Waals surface area contributed by atoms with Crippen LogP contribution in [-0.2, 0) is 5.41 Å². The second-order valence-electron chi connectivity index (χ2n) is 15.5. The molecule has 2 aromatic heterocycles. The minimum absolute atomic E-state index is 0.0972.